The molecular formula is C14H21IN4O. The molecule has 0 saturated heterocycles. The molecule has 0 radical (unpaired) electrons. The van der Waals surface area contributed by atoms with Gasteiger partial charge in [0.1, 0.15) is 0 Å². The van der Waals surface area contributed by atoms with Crippen molar-refractivity contribution >= 4 is 35.8 Å². The Labute approximate surface area is 137 Å². The molecule has 1 rings (SSSR count). The molecular weight excluding hydrogens is 367 g/mol. The lowest BCUT2D eigenvalue weighted by Gasteiger charge is -2.10. The van der Waals surface area contributed by atoms with E-state index in [4.69, 9.17) is 5.73 Å². The first-order valence-corrected chi connectivity index (χ1v) is 6.00. The molecule has 1 amide bonds. The van der Waals surface area contributed by atoms with Gasteiger partial charge >= 0.3 is 0 Å². The lowest BCUT2D eigenvalue weighted by atomic mass is 10.1. The van der Waals surface area contributed by atoms with Crippen LogP contribution in [0.5, 0.6) is 0 Å². The Hall–Kier alpha value is -1.57. The van der Waals surface area contributed by atoms with E-state index in [2.05, 4.69) is 16.9 Å². The second kappa shape index (κ2) is 9.35. The minimum absolute atomic E-state index is 0. The van der Waals surface area contributed by atoms with Gasteiger partial charge < -0.3 is 16.0 Å². The number of aliphatic imine (C=N–C) groups is 1. The van der Waals surface area contributed by atoms with Crippen molar-refractivity contribution in [3.8, 4) is 0 Å². The molecule has 6 heteroatoms. The minimum atomic E-state index is -0.0118. The quantitative estimate of drug-likeness (QED) is 0.349. The van der Waals surface area contributed by atoms with Crippen molar-refractivity contribution in [3.05, 3.63) is 48.0 Å². The van der Waals surface area contributed by atoms with Gasteiger partial charge in [0.2, 0.25) is 0 Å². The van der Waals surface area contributed by atoms with E-state index in [9.17, 15) is 4.79 Å². The molecule has 0 fully saturated rings. The molecule has 1 aromatic carbocycles. The number of benzene rings is 1. The van der Waals surface area contributed by atoms with Gasteiger partial charge in [-0.2, -0.15) is 0 Å². The fraction of sp³-hybridized carbons (Fsp3) is 0.286. The van der Waals surface area contributed by atoms with Gasteiger partial charge in [0.15, 0.2) is 5.96 Å². The summed E-state index contributed by atoms with van der Waals surface area (Å²) < 4.78 is 0. The highest BCUT2D eigenvalue weighted by atomic mass is 127. The van der Waals surface area contributed by atoms with Crippen LogP contribution in [0, 0.1) is 0 Å². The average Bonchev–Trinajstić information content (AvgIpc) is 2.42. The molecule has 5 nitrogen and oxygen atoms in total. The topological polar surface area (TPSA) is 70.7 Å². The van der Waals surface area contributed by atoms with Crippen molar-refractivity contribution < 1.29 is 4.79 Å². The Balaban J connectivity index is 0.00000361. The summed E-state index contributed by atoms with van der Waals surface area (Å²) in [6, 6.07) is 7.34. The highest BCUT2D eigenvalue weighted by molar-refractivity contribution is 14.0. The maximum absolute atomic E-state index is 11.7. The summed E-state index contributed by atoms with van der Waals surface area (Å²) in [4.78, 5) is 17.4. The fourth-order valence-corrected chi connectivity index (χ4v) is 1.42. The van der Waals surface area contributed by atoms with Crippen LogP contribution < -0.4 is 11.1 Å². The number of guanidine groups is 1. The number of carbonyl (C=O) groups is 1. The van der Waals surface area contributed by atoms with Gasteiger partial charge in [0.05, 0.1) is 6.54 Å². The zero-order valence-corrected chi connectivity index (χ0v) is 14.1. The number of nitrogens with zero attached hydrogens (tertiary/aromatic N) is 2. The first-order valence-electron chi connectivity index (χ1n) is 6.00. The SMILES string of the molecule is C=CCNC(N)=NCc1ccc(C(=O)N(C)C)cc1.I. The number of hydrogen-bond acceptors (Lipinski definition) is 2. The van der Waals surface area contributed by atoms with E-state index in [1.807, 2.05) is 12.1 Å². The highest BCUT2D eigenvalue weighted by Gasteiger charge is 2.06. The second-order valence-corrected chi connectivity index (χ2v) is 4.27. The van der Waals surface area contributed by atoms with Crippen LogP contribution >= 0.6 is 24.0 Å². The van der Waals surface area contributed by atoms with Gasteiger partial charge in [-0.25, -0.2) is 4.99 Å². The van der Waals surface area contributed by atoms with E-state index in [1.54, 1.807) is 37.2 Å². The predicted molar refractivity (Wildman–Crippen MR) is 93.4 cm³/mol. The van der Waals surface area contributed by atoms with Crippen molar-refractivity contribution in [2.45, 2.75) is 6.54 Å². The van der Waals surface area contributed by atoms with Crippen molar-refractivity contribution in [1.82, 2.24) is 10.2 Å². The summed E-state index contributed by atoms with van der Waals surface area (Å²) >= 11 is 0. The van der Waals surface area contributed by atoms with Crippen molar-refractivity contribution in [2.24, 2.45) is 10.7 Å². The molecule has 0 aliphatic heterocycles. The first kappa shape index (κ1) is 18.4. The molecule has 0 unspecified atom stereocenters. The van der Waals surface area contributed by atoms with E-state index >= 15 is 0 Å². The number of halogens is 1. The average molecular weight is 388 g/mol. The number of carbonyl (C=O) groups excluding carboxylic acids is 1. The highest BCUT2D eigenvalue weighted by Crippen LogP contribution is 2.07. The first-order chi connectivity index (χ1) is 9.04. The zero-order chi connectivity index (χ0) is 14.3. The Kier molecular flexibility index (Phi) is 8.62. The van der Waals surface area contributed by atoms with E-state index in [0.29, 0.717) is 24.6 Å². The van der Waals surface area contributed by atoms with Crippen LogP contribution in [0.2, 0.25) is 0 Å². The van der Waals surface area contributed by atoms with Gasteiger partial charge in [-0.3, -0.25) is 4.79 Å². The van der Waals surface area contributed by atoms with Gasteiger partial charge in [-0.1, -0.05) is 18.2 Å². The van der Waals surface area contributed by atoms with Crippen LogP contribution in [-0.4, -0.2) is 37.4 Å². The zero-order valence-electron chi connectivity index (χ0n) is 11.8. The fourth-order valence-electron chi connectivity index (χ4n) is 1.42. The summed E-state index contributed by atoms with van der Waals surface area (Å²) in [5.41, 5.74) is 7.32. The molecule has 1 aromatic rings. The van der Waals surface area contributed by atoms with Gasteiger partial charge in [-0.15, -0.1) is 30.6 Å². The standard InChI is InChI=1S/C14H20N4O.HI/c1-4-9-16-14(15)17-10-11-5-7-12(8-6-11)13(19)18(2)3;/h4-8H,1,9-10H2,2-3H3,(H3,15,16,17);1H. The van der Waals surface area contributed by atoms with Crippen LogP contribution in [0.15, 0.2) is 41.9 Å². The lowest BCUT2D eigenvalue weighted by molar-refractivity contribution is 0.0827. The molecule has 0 aromatic heterocycles. The second-order valence-electron chi connectivity index (χ2n) is 4.27. The summed E-state index contributed by atoms with van der Waals surface area (Å²) in [5.74, 6) is 0.371. The Morgan fingerprint density at radius 3 is 2.50 bits per heavy atom. The van der Waals surface area contributed by atoms with E-state index in [1.165, 1.54) is 0 Å². The van der Waals surface area contributed by atoms with Crippen LogP contribution in [0.3, 0.4) is 0 Å². The molecule has 0 aliphatic rings. The predicted octanol–water partition coefficient (Wildman–Crippen LogP) is 1.60. The molecule has 110 valence electrons. The molecule has 0 bridgehead atoms. The lowest BCUT2D eigenvalue weighted by Crippen LogP contribution is -2.31. The summed E-state index contributed by atoms with van der Waals surface area (Å²) in [6.07, 6.45) is 1.71. The van der Waals surface area contributed by atoms with E-state index < -0.39 is 0 Å². The largest absolute Gasteiger partial charge is 0.370 e. The number of nitrogens with two attached hydrogens (primary N) is 1. The molecule has 0 spiro atoms. The van der Waals surface area contributed by atoms with Crippen LogP contribution in [0.25, 0.3) is 0 Å². The maximum atomic E-state index is 11.7. The maximum Gasteiger partial charge on any atom is 0.253 e. The Morgan fingerprint density at radius 2 is 2.00 bits per heavy atom. The van der Waals surface area contributed by atoms with Crippen LogP contribution in [0.1, 0.15) is 15.9 Å². The Bertz CT molecular complexity index is 469. The number of hydrogen-bond donors (Lipinski definition) is 2. The molecule has 3 N–H and O–H groups in total. The van der Waals surface area contributed by atoms with E-state index in [-0.39, 0.29) is 29.9 Å². The third-order valence-electron chi connectivity index (χ3n) is 2.47. The van der Waals surface area contributed by atoms with Gasteiger partial charge in [0, 0.05) is 26.2 Å². The van der Waals surface area contributed by atoms with Crippen LogP contribution in [0.4, 0.5) is 0 Å². The monoisotopic (exact) mass is 388 g/mol. The third kappa shape index (κ3) is 6.05. The minimum Gasteiger partial charge on any atom is -0.370 e. The molecule has 0 saturated carbocycles. The molecule has 0 heterocycles. The molecule has 0 atom stereocenters. The molecule has 0 aliphatic carbocycles. The Morgan fingerprint density at radius 1 is 1.40 bits per heavy atom. The summed E-state index contributed by atoms with van der Waals surface area (Å²) in [7, 11) is 3.46. The molecule has 20 heavy (non-hydrogen) atoms. The normalized spacial score (nSPS) is 10.4. The van der Waals surface area contributed by atoms with Gasteiger partial charge in [0.25, 0.3) is 5.91 Å². The van der Waals surface area contributed by atoms with Crippen molar-refractivity contribution in [3.63, 3.8) is 0 Å². The van der Waals surface area contributed by atoms with E-state index in [0.717, 1.165) is 5.56 Å². The van der Waals surface area contributed by atoms with Crippen molar-refractivity contribution in [2.75, 3.05) is 20.6 Å². The smallest absolute Gasteiger partial charge is 0.253 e. The summed E-state index contributed by atoms with van der Waals surface area (Å²) in [6.45, 7) is 4.65. The third-order valence-corrected chi connectivity index (χ3v) is 2.47. The van der Waals surface area contributed by atoms with Crippen molar-refractivity contribution in [1.29, 1.82) is 0 Å². The van der Waals surface area contributed by atoms with Gasteiger partial charge in [-0.05, 0) is 17.7 Å². The summed E-state index contributed by atoms with van der Waals surface area (Å²) in [5, 5.41) is 2.90. The number of nitrogens with one attached hydrogen (secondary N) is 1. The number of amides is 1. The van der Waals surface area contributed by atoms with Crippen LogP contribution in [-0.2, 0) is 6.54 Å². The number of rotatable bonds is 5.